The summed E-state index contributed by atoms with van der Waals surface area (Å²) in [5.41, 5.74) is 2.09. The van der Waals surface area contributed by atoms with E-state index in [-0.39, 0.29) is 23.7 Å². The molecule has 1 amide bonds. The summed E-state index contributed by atoms with van der Waals surface area (Å²) in [5.74, 6) is 0.825. The van der Waals surface area contributed by atoms with E-state index in [0.29, 0.717) is 19.0 Å². The molecule has 0 radical (unpaired) electrons. The highest BCUT2D eigenvalue weighted by molar-refractivity contribution is 5.90. The second-order valence-corrected chi connectivity index (χ2v) is 7.85. The molecule has 0 bridgehead atoms. The maximum Gasteiger partial charge on any atom is 0.227 e. The van der Waals surface area contributed by atoms with Crippen LogP contribution in [0, 0.1) is 0 Å². The highest BCUT2D eigenvalue weighted by Gasteiger charge is 2.22. The van der Waals surface area contributed by atoms with Crippen LogP contribution in [0.5, 0.6) is 0 Å². The van der Waals surface area contributed by atoms with Gasteiger partial charge in [-0.05, 0) is 24.9 Å². The van der Waals surface area contributed by atoms with Crippen LogP contribution in [0.3, 0.4) is 0 Å². The Labute approximate surface area is 162 Å². The molecule has 1 saturated heterocycles. The largest absolute Gasteiger partial charge is 0.313 e. The summed E-state index contributed by atoms with van der Waals surface area (Å²) >= 11 is 0. The Morgan fingerprint density at radius 3 is 2.65 bits per heavy atom. The van der Waals surface area contributed by atoms with E-state index in [0.717, 1.165) is 30.9 Å². The Balaban J connectivity index is 0.00000243. The maximum atomic E-state index is 12.4. The molecule has 2 N–H and O–H groups in total. The van der Waals surface area contributed by atoms with E-state index in [9.17, 15) is 4.79 Å². The molecule has 0 saturated carbocycles. The fourth-order valence-electron chi connectivity index (χ4n) is 3.11. The van der Waals surface area contributed by atoms with Gasteiger partial charge < -0.3 is 10.6 Å². The Kier molecular flexibility index (Phi) is 6.84. The van der Waals surface area contributed by atoms with Crippen molar-refractivity contribution in [1.29, 1.82) is 0 Å². The minimum absolute atomic E-state index is 0. The third-order valence-corrected chi connectivity index (χ3v) is 4.59. The van der Waals surface area contributed by atoms with E-state index in [1.807, 2.05) is 28.9 Å². The van der Waals surface area contributed by atoms with Crippen LogP contribution < -0.4 is 10.6 Å². The van der Waals surface area contributed by atoms with Crippen LogP contribution >= 0.6 is 12.4 Å². The van der Waals surface area contributed by atoms with E-state index in [2.05, 4.69) is 43.5 Å². The zero-order chi connectivity index (χ0) is 17.9. The van der Waals surface area contributed by atoms with E-state index in [4.69, 9.17) is 5.10 Å². The van der Waals surface area contributed by atoms with Gasteiger partial charge in [0, 0.05) is 23.9 Å². The fraction of sp³-hybridized carbons (Fsp3) is 0.500. The molecule has 26 heavy (non-hydrogen) atoms. The number of benzene rings is 1. The summed E-state index contributed by atoms with van der Waals surface area (Å²) < 4.78 is 1.90. The SMILES string of the molecule is CC(C)(C)c1cc(NC(=O)CC2CCCN2)n(Cc2ccccc2)n1.Cl. The average molecular weight is 377 g/mol. The topological polar surface area (TPSA) is 59.0 Å². The third-order valence-electron chi connectivity index (χ3n) is 4.59. The highest BCUT2D eigenvalue weighted by Crippen LogP contribution is 2.25. The number of rotatable bonds is 5. The zero-order valence-electron chi connectivity index (χ0n) is 15.8. The lowest BCUT2D eigenvalue weighted by molar-refractivity contribution is -0.116. The van der Waals surface area contributed by atoms with Gasteiger partial charge >= 0.3 is 0 Å². The Hall–Kier alpha value is -1.85. The van der Waals surface area contributed by atoms with Gasteiger partial charge in [-0.1, -0.05) is 51.1 Å². The number of carbonyl (C=O) groups excluding carboxylic acids is 1. The monoisotopic (exact) mass is 376 g/mol. The minimum atomic E-state index is -0.0611. The van der Waals surface area contributed by atoms with Gasteiger partial charge in [0.05, 0.1) is 12.2 Å². The number of halogens is 1. The van der Waals surface area contributed by atoms with E-state index < -0.39 is 0 Å². The van der Waals surface area contributed by atoms with Crippen molar-refractivity contribution in [3.05, 3.63) is 47.7 Å². The summed E-state index contributed by atoms with van der Waals surface area (Å²) in [5, 5.41) is 11.2. The molecule has 0 aliphatic carbocycles. The molecule has 1 fully saturated rings. The Morgan fingerprint density at radius 1 is 1.31 bits per heavy atom. The first-order valence-corrected chi connectivity index (χ1v) is 9.07. The lowest BCUT2D eigenvalue weighted by Gasteiger charge is -2.14. The van der Waals surface area contributed by atoms with Crippen molar-refractivity contribution < 1.29 is 4.79 Å². The quantitative estimate of drug-likeness (QED) is 0.835. The molecule has 2 aromatic rings. The summed E-state index contributed by atoms with van der Waals surface area (Å²) in [6.07, 6.45) is 2.74. The number of amides is 1. The van der Waals surface area contributed by atoms with Crippen LogP contribution in [-0.4, -0.2) is 28.3 Å². The molecule has 5 nitrogen and oxygen atoms in total. The average Bonchev–Trinajstić information content (AvgIpc) is 3.18. The van der Waals surface area contributed by atoms with Crippen LogP contribution in [-0.2, 0) is 16.8 Å². The molecular formula is C20H29ClN4O. The standard InChI is InChI=1S/C20H28N4O.ClH/c1-20(2,3)17-13-18(22-19(25)12-16-10-7-11-21-16)24(23-17)14-15-8-5-4-6-9-15;/h4-6,8-9,13,16,21H,7,10-12,14H2,1-3H3,(H,22,25);1H. The van der Waals surface area contributed by atoms with Crippen LogP contribution in [0.15, 0.2) is 36.4 Å². The zero-order valence-corrected chi connectivity index (χ0v) is 16.6. The van der Waals surface area contributed by atoms with Crippen LogP contribution in [0.1, 0.15) is 51.3 Å². The molecular weight excluding hydrogens is 348 g/mol. The predicted molar refractivity (Wildman–Crippen MR) is 108 cm³/mol. The molecule has 3 rings (SSSR count). The van der Waals surface area contributed by atoms with E-state index >= 15 is 0 Å². The molecule has 2 heterocycles. The van der Waals surface area contributed by atoms with E-state index in [1.54, 1.807) is 0 Å². The molecule has 1 atom stereocenters. The lowest BCUT2D eigenvalue weighted by atomic mass is 9.92. The number of anilines is 1. The molecule has 1 aliphatic rings. The second-order valence-electron chi connectivity index (χ2n) is 7.85. The minimum Gasteiger partial charge on any atom is -0.313 e. The van der Waals surface area contributed by atoms with Crippen molar-refractivity contribution in [3.63, 3.8) is 0 Å². The van der Waals surface area contributed by atoms with Gasteiger partial charge in [-0.15, -0.1) is 12.4 Å². The number of hydrogen-bond acceptors (Lipinski definition) is 3. The van der Waals surface area contributed by atoms with E-state index in [1.165, 1.54) is 5.56 Å². The lowest BCUT2D eigenvalue weighted by Crippen LogP contribution is -2.28. The second kappa shape index (κ2) is 8.69. The first-order valence-electron chi connectivity index (χ1n) is 9.07. The predicted octanol–water partition coefficient (Wildman–Crippen LogP) is 3.73. The van der Waals surface area contributed by atoms with Crippen molar-refractivity contribution in [2.24, 2.45) is 0 Å². The number of aromatic nitrogens is 2. The number of nitrogens with one attached hydrogen (secondary N) is 2. The van der Waals surface area contributed by atoms with Gasteiger partial charge in [0.2, 0.25) is 5.91 Å². The Bertz CT molecular complexity index is 715. The van der Waals surface area contributed by atoms with Crippen LogP contribution in [0.25, 0.3) is 0 Å². The fourth-order valence-corrected chi connectivity index (χ4v) is 3.11. The Morgan fingerprint density at radius 2 is 2.04 bits per heavy atom. The molecule has 142 valence electrons. The number of nitrogens with zero attached hydrogens (tertiary/aromatic N) is 2. The van der Waals surface area contributed by atoms with Gasteiger partial charge in [0.15, 0.2) is 0 Å². The summed E-state index contributed by atoms with van der Waals surface area (Å²) in [4.78, 5) is 12.4. The summed E-state index contributed by atoms with van der Waals surface area (Å²) in [6, 6.07) is 12.5. The number of carbonyl (C=O) groups is 1. The van der Waals surface area contributed by atoms with Gasteiger partial charge in [0.25, 0.3) is 0 Å². The van der Waals surface area contributed by atoms with Crippen molar-refractivity contribution in [3.8, 4) is 0 Å². The smallest absolute Gasteiger partial charge is 0.227 e. The van der Waals surface area contributed by atoms with Crippen molar-refractivity contribution in [2.45, 2.75) is 58.0 Å². The molecule has 6 heteroatoms. The molecule has 1 aliphatic heterocycles. The van der Waals surface area contributed by atoms with Gasteiger partial charge in [-0.2, -0.15) is 5.10 Å². The van der Waals surface area contributed by atoms with Crippen LogP contribution in [0.2, 0.25) is 0 Å². The van der Waals surface area contributed by atoms with Crippen LogP contribution in [0.4, 0.5) is 5.82 Å². The maximum absolute atomic E-state index is 12.4. The molecule has 1 unspecified atom stereocenters. The molecule has 1 aromatic carbocycles. The molecule has 0 spiro atoms. The normalized spacial score (nSPS) is 17.0. The molecule has 1 aromatic heterocycles. The number of hydrogen-bond donors (Lipinski definition) is 2. The first kappa shape index (κ1) is 20.5. The van der Waals surface area contributed by atoms with Crippen molar-refractivity contribution >= 4 is 24.1 Å². The third kappa shape index (κ3) is 5.32. The van der Waals surface area contributed by atoms with Gasteiger partial charge in [0.1, 0.15) is 5.82 Å². The van der Waals surface area contributed by atoms with Gasteiger partial charge in [-0.25, -0.2) is 4.68 Å². The van der Waals surface area contributed by atoms with Gasteiger partial charge in [-0.3, -0.25) is 4.79 Å². The first-order chi connectivity index (χ1) is 11.9. The highest BCUT2D eigenvalue weighted by atomic mass is 35.5. The van der Waals surface area contributed by atoms with Crippen molar-refractivity contribution in [1.82, 2.24) is 15.1 Å². The van der Waals surface area contributed by atoms with Crippen molar-refractivity contribution in [2.75, 3.05) is 11.9 Å². The summed E-state index contributed by atoms with van der Waals surface area (Å²) in [6.45, 7) is 8.06. The summed E-state index contributed by atoms with van der Waals surface area (Å²) in [7, 11) is 0.